The maximum atomic E-state index is 13.4. The smallest absolute Gasteiger partial charge is 0.347 e. The van der Waals surface area contributed by atoms with E-state index in [-0.39, 0.29) is 5.82 Å². The van der Waals surface area contributed by atoms with Crippen molar-refractivity contribution < 1.29 is 8.81 Å². The van der Waals surface area contributed by atoms with Crippen molar-refractivity contribution in [2.75, 3.05) is 31.1 Å². The molecule has 7 heteroatoms. The molecule has 1 saturated heterocycles. The number of anilines is 1. The lowest BCUT2D eigenvalue weighted by Crippen LogP contribution is -2.43. The Hall–Kier alpha value is -3.19. The van der Waals surface area contributed by atoms with Crippen LogP contribution < -0.4 is 15.8 Å². The molecular weight excluding hydrogens is 347 g/mol. The van der Waals surface area contributed by atoms with Crippen LogP contribution in [0.1, 0.15) is 0 Å². The van der Waals surface area contributed by atoms with Crippen molar-refractivity contribution in [3.05, 3.63) is 58.7 Å². The highest BCUT2D eigenvalue weighted by Crippen LogP contribution is 2.25. The third-order valence-corrected chi connectivity index (χ3v) is 4.90. The molecule has 0 bridgehead atoms. The van der Waals surface area contributed by atoms with Crippen LogP contribution in [0, 0.1) is 5.82 Å². The van der Waals surface area contributed by atoms with Crippen LogP contribution in [0.5, 0.6) is 0 Å². The van der Waals surface area contributed by atoms with E-state index in [1.807, 2.05) is 18.2 Å². The van der Waals surface area contributed by atoms with Crippen LogP contribution >= 0.6 is 0 Å². The zero-order valence-corrected chi connectivity index (χ0v) is 14.5. The van der Waals surface area contributed by atoms with Crippen molar-refractivity contribution in [2.45, 2.75) is 0 Å². The summed E-state index contributed by atoms with van der Waals surface area (Å²) in [5.41, 5.74) is 2.58. The summed E-state index contributed by atoms with van der Waals surface area (Å²) >= 11 is 0. The Balaban J connectivity index is 1.58. The second kappa shape index (κ2) is 6.21. The Labute approximate surface area is 153 Å². The van der Waals surface area contributed by atoms with Gasteiger partial charge in [-0.1, -0.05) is 0 Å². The van der Waals surface area contributed by atoms with Gasteiger partial charge in [-0.3, -0.25) is 0 Å². The molecule has 0 aliphatic carbocycles. The summed E-state index contributed by atoms with van der Waals surface area (Å²) in [6.07, 6.45) is 0. The molecule has 1 fully saturated rings. The van der Waals surface area contributed by atoms with Crippen molar-refractivity contribution in [1.29, 1.82) is 0 Å². The molecule has 0 spiro atoms. The summed E-state index contributed by atoms with van der Waals surface area (Å²) in [5, 5.41) is 4.14. The predicted molar refractivity (Wildman–Crippen MR) is 103 cm³/mol. The van der Waals surface area contributed by atoms with Crippen LogP contribution in [0.3, 0.4) is 0 Å². The number of nitrogens with zero attached hydrogens (tertiary/aromatic N) is 2. The molecule has 6 nitrogen and oxygen atoms in total. The fraction of sp³-hybridized carbons (Fsp3) is 0.200. The number of H-pyrrole nitrogens is 1. The molecule has 2 N–H and O–H groups in total. The number of benzene rings is 2. The number of imidazole rings is 1. The molecule has 0 radical (unpaired) electrons. The number of piperazine rings is 1. The number of rotatable bonds is 2. The fourth-order valence-electron chi connectivity index (χ4n) is 3.49. The van der Waals surface area contributed by atoms with E-state index in [0.29, 0.717) is 28.0 Å². The van der Waals surface area contributed by atoms with E-state index in [4.69, 9.17) is 4.42 Å². The zero-order valence-electron chi connectivity index (χ0n) is 14.5. The van der Waals surface area contributed by atoms with Gasteiger partial charge in [-0.2, -0.15) is 0 Å². The van der Waals surface area contributed by atoms with Gasteiger partial charge in [0, 0.05) is 43.3 Å². The normalized spacial score (nSPS) is 14.9. The Bertz CT molecular complexity index is 1210. The fourth-order valence-corrected chi connectivity index (χ4v) is 3.49. The summed E-state index contributed by atoms with van der Waals surface area (Å²) < 4.78 is 19.0. The van der Waals surface area contributed by atoms with Gasteiger partial charge in [-0.15, -0.1) is 0 Å². The number of nitrogens with one attached hydrogen (secondary N) is 2. The quantitative estimate of drug-likeness (QED) is 0.535. The molecule has 27 heavy (non-hydrogen) atoms. The maximum absolute atomic E-state index is 13.4. The molecule has 1 aliphatic rings. The van der Waals surface area contributed by atoms with E-state index in [9.17, 15) is 9.18 Å². The molecule has 136 valence electrons. The first-order chi connectivity index (χ1) is 13.2. The Kier molecular flexibility index (Phi) is 3.68. The molecule has 4 aromatic rings. The molecule has 0 atom stereocenters. The van der Waals surface area contributed by atoms with Crippen LogP contribution in [0.2, 0.25) is 0 Å². The molecular formula is C20H17FN4O2. The Morgan fingerprint density at radius 3 is 2.78 bits per heavy atom. The highest BCUT2D eigenvalue weighted by atomic mass is 19.1. The molecule has 1 aliphatic heterocycles. The molecule has 2 aromatic carbocycles. The van der Waals surface area contributed by atoms with Gasteiger partial charge >= 0.3 is 5.63 Å². The van der Waals surface area contributed by atoms with Gasteiger partial charge in [0.05, 0.1) is 11.0 Å². The maximum Gasteiger partial charge on any atom is 0.347 e. The largest absolute Gasteiger partial charge is 0.422 e. The average Bonchev–Trinajstić information content (AvgIpc) is 3.10. The summed E-state index contributed by atoms with van der Waals surface area (Å²) in [5.74, 6) is 0.0149. The van der Waals surface area contributed by atoms with Crippen molar-refractivity contribution in [3.63, 3.8) is 0 Å². The molecule has 0 amide bonds. The lowest BCUT2D eigenvalue weighted by atomic mass is 10.1. The minimum Gasteiger partial charge on any atom is -0.422 e. The SMILES string of the molecule is O=c1oc2cc(N3CCNCC3)ccc2cc1-c1nc2ccc(F)cc2[nH]1. The van der Waals surface area contributed by atoms with Gasteiger partial charge in [0.2, 0.25) is 0 Å². The molecule has 0 saturated carbocycles. The number of fused-ring (bicyclic) bond motifs is 2. The Morgan fingerprint density at radius 1 is 1.07 bits per heavy atom. The lowest BCUT2D eigenvalue weighted by molar-refractivity contribution is 0.561. The lowest BCUT2D eigenvalue weighted by Gasteiger charge is -2.29. The van der Waals surface area contributed by atoms with Crippen molar-refractivity contribution in [1.82, 2.24) is 15.3 Å². The first-order valence-electron chi connectivity index (χ1n) is 8.87. The summed E-state index contributed by atoms with van der Waals surface area (Å²) in [6, 6.07) is 11.9. The minimum atomic E-state index is -0.473. The topological polar surface area (TPSA) is 74.2 Å². The second-order valence-corrected chi connectivity index (χ2v) is 6.65. The van der Waals surface area contributed by atoms with Crippen LogP contribution in [-0.2, 0) is 0 Å². The first kappa shape index (κ1) is 16.0. The van der Waals surface area contributed by atoms with Crippen LogP contribution in [0.15, 0.2) is 51.7 Å². The second-order valence-electron chi connectivity index (χ2n) is 6.65. The van der Waals surface area contributed by atoms with E-state index < -0.39 is 5.63 Å². The zero-order chi connectivity index (χ0) is 18.4. The molecule has 0 unspecified atom stereocenters. The van der Waals surface area contributed by atoms with E-state index in [1.54, 1.807) is 12.1 Å². The average molecular weight is 364 g/mol. The van der Waals surface area contributed by atoms with E-state index in [2.05, 4.69) is 20.2 Å². The highest BCUT2D eigenvalue weighted by molar-refractivity contribution is 5.85. The number of halogens is 1. The number of aromatic nitrogens is 2. The van der Waals surface area contributed by atoms with Crippen LogP contribution in [0.4, 0.5) is 10.1 Å². The van der Waals surface area contributed by atoms with Crippen LogP contribution in [0.25, 0.3) is 33.4 Å². The van der Waals surface area contributed by atoms with Gasteiger partial charge in [0.1, 0.15) is 22.8 Å². The van der Waals surface area contributed by atoms with Gasteiger partial charge in [0.15, 0.2) is 0 Å². The number of aromatic amines is 1. The van der Waals surface area contributed by atoms with Gasteiger partial charge in [-0.25, -0.2) is 14.2 Å². The minimum absolute atomic E-state index is 0.328. The molecule has 3 heterocycles. The summed E-state index contributed by atoms with van der Waals surface area (Å²) in [7, 11) is 0. The predicted octanol–water partition coefficient (Wildman–Crippen LogP) is 2.89. The first-order valence-corrected chi connectivity index (χ1v) is 8.87. The van der Waals surface area contributed by atoms with Crippen molar-refractivity contribution in [2.24, 2.45) is 0 Å². The van der Waals surface area contributed by atoms with Crippen LogP contribution in [-0.4, -0.2) is 36.1 Å². The highest BCUT2D eigenvalue weighted by Gasteiger charge is 2.15. The van der Waals surface area contributed by atoms with E-state index in [1.165, 1.54) is 12.1 Å². The van der Waals surface area contributed by atoms with Crippen molar-refractivity contribution in [3.8, 4) is 11.4 Å². The summed E-state index contributed by atoms with van der Waals surface area (Å²) in [4.78, 5) is 22.2. The third-order valence-electron chi connectivity index (χ3n) is 4.90. The van der Waals surface area contributed by atoms with E-state index in [0.717, 1.165) is 37.3 Å². The number of hydrogen-bond donors (Lipinski definition) is 2. The standard InChI is InChI=1S/C20H17FN4O2/c21-13-2-4-16-17(10-13)24-19(23-16)15-9-12-1-3-14(11-18(12)27-20(15)26)25-7-5-22-6-8-25/h1-4,9-11,22H,5-8H2,(H,23,24). The summed E-state index contributed by atoms with van der Waals surface area (Å²) in [6.45, 7) is 3.72. The van der Waals surface area contributed by atoms with Gasteiger partial charge in [-0.05, 0) is 36.4 Å². The number of hydrogen-bond acceptors (Lipinski definition) is 5. The third kappa shape index (κ3) is 2.86. The van der Waals surface area contributed by atoms with Gasteiger partial charge < -0.3 is 19.6 Å². The van der Waals surface area contributed by atoms with Crippen molar-refractivity contribution >= 4 is 27.7 Å². The Morgan fingerprint density at radius 2 is 1.93 bits per heavy atom. The van der Waals surface area contributed by atoms with E-state index >= 15 is 0 Å². The molecule has 2 aromatic heterocycles. The monoisotopic (exact) mass is 364 g/mol. The molecule has 5 rings (SSSR count). The van der Waals surface area contributed by atoms with Gasteiger partial charge in [0.25, 0.3) is 0 Å².